The number of nitrogens with zero attached hydrogens (tertiary/aromatic N) is 1. The van der Waals surface area contributed by atoms with E-state index in [1.807, 2.05) is 0 Å². The lowest BCUT2D eigenvalue weighted by Gasteiger charge is -1.93. The van der Waals surface area contributed by atoms with Gasteiger partial charge in [-0.3, -0.25) is 4.79 Å². The first-order chi connectivity index (χ1) is 4.66. The minimum Gasteiger partial charge on any atom is -0.481 e. The summed E-state index contributed by atoms with van der Waals surface area (Å²) < 4.78 is 0. The Morgan fingerprint density at radius 1 is 1.50 bits per heavy atom. The van der Waals surface area contributed by atoms with Crippen LogP contribution < -0.4 is 0 Å². The molecule has 0 heterocycles. The highest BCUT2D eigenvalue weighted by Crippen LogP contribution is 1.96. The number of oxime groups is 1. The van der Waals surface area contributed by atoms with Crippen molar-refractivity contribution in [2.75, 3.05) is 0 Å². The molecule has 0 radical (unpaired) electrons. The Bertz CT molecular complexity index is 142. The minimum absolute atomic E-state index is 0.132. The topological polar surface area (TPSA) is 69.9 Å². The van der Waals surface area contributed by atoms with Crippen molar-refractivity contribution in [2.45, 2.75) is 26.2 Å². The van der Waals surface area contributed by atoms with E-state index < -0.39 is 5.97 Å². The van der Waals surface area contributed by atoms with E-state index in [1.54, 1.807) is 6.92 Å². The highest BCUT2D eigenvalue weighted by molar-refractivity contribution is 5.81. The zero-order chi connectivity index (χ0) is 7.98. The van der Waals surface area contributed by atoms with E-state index in [0.29, 0.717) is 18.6 Å². The summed E-state index contributed by atoms with van der Waals surface area (Å²) in [5, 5.41) is 19.2. The molecule has 0 aromatic carbocycles. The van der Waals surface area contributed by atoms with Gasteiger partial charge in [0.2, 0.25) is 0 Å². The standard InChI is InChI=1S/C6H11NO3/c1-5(7-10)3-2-4-6(8)9/h10H,2-4H2,1H3,(H,8,9)/b7-5-. The van der Waals surface area contributed by atoms with E-state index in [9.17, 15) is 4.79 Å². The van der Waals surface area contributed by atoms with Crippen LogP contribution in [0.15, 0.2) is 5.16 Å². The summed E-state index contributed by atoms with van der Waals surface area (Å²) in [6, 6.07) is 0. The average Bonchev–Trinajstić information content (AvgIpc) is 1.87. The quantitative estimate of drug-likeness (QED) is 0.353. The smallest absolute Gasteiger partial charge is 0.303 e. The number of carboxylic acid groups (broad SMARTS) is 1. The van der Waals surface area contributed by atoms with E-state index in [1.165, 1.54) is 0 Å². The number of aliphatic carboxylic acids is 1. The monoisotopic (exact) mass is 145 g/mol. The van der Waals surface area contributed by atoms with Crippen LogP contribution in [0.25, 0.3) is 0 Å². The highest BCUT2D eigenvalue weighted by atomic mass is 16.4. The van der Waals surface area contributed by atoms with Crippen molar-refractivity contribution in [3.8, 4) is 0 Å². The molecular weight excluding hydrogens is 134 g/mol. The molecule has 0 aliphatic rings. The molecule has 0 aromatic rings. The third kappa shape index (κ3) is 5.08. The van der Waals surface area contributed by atoms with Gasteiger partial charge in [0.1, 0.15) is 0 Å². The first-order valence-electron chi connectivity index (χ1n) is 3.06. The zero-order valence-corrected chi connectivity index (χ0v) is 5.87. The molecule has 0 saturated heterocycles. The molecule has 0 aliphatic carbocycles. The Morgan fingerprint density at radius 3 is 2.50 bits per heavy atom. The van der Waals surface area contributed by atoms with Crippen molar-refractivity contribution in [3.05, 3.63) is 0 Å². The Hall–Kier alpha value is -1.06. The van der Waals surface area contributed by atoms with Gasteiger partial charge in [-0.1, -0.05) is 5.16 Å². The Balaban J connectivity index is 3.29. The predicted molar refractivity (Wildman–Crippen MR) is 36.4 cm³/mol. The molecule has 2 N–H and O–H groups in total. The fourth-order valence-corrected chi connectivity index (χ4v) is 0.545. The molecule has 0 rings (SSSR count). The fraction of sp³-hybridized carbons (Fsp3) is 0.667. The van der Waals surface area contributed by atoms with E-state index in [0.717, 1.165) is 0 Å². The molecule has 0 saturated carbocycles. The van der Waals surface area contributed by atoms with Crippen LogP contribution in [0, 0.1) is 0 Å². The number of carboxylic acids is 1. The van der Waals surface area contributed by atoms with Gasteiger partial charge in [-0.2, -0.15) is 0 Å². The summed E-state index contributed by atoms with van der Waals surface area (Å²) >= 11 is 0. The van der Waals surface area contributed by atoms with Crippen LogP contribution in [-0.4, -0.2) is 22.0 Å². The van der Waals surface area contributed by atoms with Crippen LogP contribution in [-0.2, 0) is 4.79 Å². The summed E-state index contributed by atoms with van der Waals surface area (Å²) in [6.07, 6.45) is 1.21. The van der Waals surface area contributed by atoms with Gasteiger partial charge < -0.3 is 10.3 Å². The van der Waals surface area contributed by atoms with Gasteiger partial charge in [0.25, 0.3) is 0 Å². The molecule has 58 valence electrons. The van der Waals surface area contributed by atoms with Crippen molar-refractivity contribution in [3.63, 3.8) is 0 Å². The van der Waals surface area contributed by atoms with Crippen LogP contribution >= 0.6 is 0 Å². The lowest BCUT2D eigenvalue weighted by molar-refractivity contribution is -0.137. The Labute approximate surface area is 59.2 Å². The molecule has 0 atom stereocenters. The number of hydrogen-bond acceptors (Lipinski definition) is 3. The van der Waals surface area contributed by atoms with E-state index in [2.05, 4.69) is 5.16 Å². The maximum atomic E-state index is 9.97. The molecule has 0 unspecified atom stereocenters. The molecule has 4 heteroatoms. The second kappa shape index (κ2) is 4.78. The van der Waals surface area contributed by atoms with Gasteiger partial charge in [0, 0.05) is 6.42 Å². The van der Waals surface area contributed by atoms with E-state index in [-0.39, 0.29) is 6.42 Å². The van der Waals surface area contributed by atoms with Crippen molar-refractivity contribution in [1.29, 1.82) is 0 Å². The number of rotatable bonds is 4. The number of hydrogen-bond donors (Lipinski definition) is 2. The van der Waals surface area contributed by atoms with Crippen molar-refractivity contribution < 1.29 is 15.1 Å². The van der Waals surface area contributed by atoms with Gasteiger partial charge in [-0.05, 0) is 19.8 Å². The van der Waals surface area contributed by atoms with E-state index >= 15 is 0 Å². The largest absolute Gasteiger partial charge is 0.481 e. The maximum absolute atomic E-state index is 9.97. The second-order valence-electron chi connectivity index (χ2n) is 2.08. The van der Waals surface area contributed by atoms with Gasteiger partial charge in [0.15, 0.2) is 0 Å². The molecule has 4 nitrogen and oxygen atoms in total. The minimum atomic E-state index is -0.814. The van der Waals surface area contributed by atoms with Crippen LogP contribution in [0.4, 0.5) is 0 Å². The molecule has 0 aliphatic heterocycles. The maximum Gasteiger partial charge on any atom is 0.303 e. The second-order valence-corrected chi connectivity index (χ2v) is 2.08. The van der Waals surface area contributed by atoms with Crippen LogP contribution in [0.3, 0.4) is 0 Å². The summed E-state index contributed by atoms with van der Waals surface area (Å²) in [4.78, 5) is 9.97. The summed E-state index contributed by atoms with van der Waals surface area (Å²) in [5.74, 6) is -0.814. The first-order valence-corrected chi connectivity index (χ1v) is 3.06. The molecule has 10 heavy (non-hydrogen) atoms. The van der Waals surface area contributed by atoms with Crippen LogP contribution in [0.5, 0.6) is 0 Å². The summed E-state index contributed by atoms with van der Waals surface area (Å²) in [6.45, 7) is 1.65. The molecule has 0 bridgehead atoms. The van der Waals surface area contributed by atoms with Crippen LogP contribution in [0.2, 0.25) is 0 Å². The van der Waals surface area contributed by atoms with Crippen LogP contribution in [0.1, 0.15) is 26.2 Å². The summed E-state index contributed by atoms with van der Waals surface area (Å²) in [7, 11) is 0. The zero-order valence-electron chi connectivity index (χ0n) is 5.87. The lowest BCUT2D eigenvalue weighted by atomic mass is 10.2. The molecule has 0 amide bonds. The molecule has 0 fully saturated rings. The summed E-state index contributed by atoms with van der Waals surface area (Å²) in [5.41, 5.74) is 0.571. The van der Waals surface area contributed by atoms with Gasteiger partial charge >= 0.3 is 5.97 Å². The molecule has 0 spiro atoms. The number of carbonyl (C=O) groups is 1. The van der Waals surface area contributed by atoms with Crippen molar-refractivity contribution >= 4 is 11.7 Å². The third-order valence-corrected chi connectivity index (χ3v) is 1.10. The molecular formula is C6H11NO3. The highest BCUT2D eigenvalue weighted by Gasteiger charge is 1.97. The normalized spacial score (nSPS) is 11.5. The predicted octanol–water partition coefficient (Wildman–Crippen LogP) is 1.09. The SMILES string of the molecule is C/C(CCCC(=O)O)=N/O. The van der Waals surface area contributed by atoms with Gasteiger partial charge in [0.05, 0.1) is 5.71 Å². The lowest BCUT2D eigenvalue weighted by Crippen LogP contribution is -1.97. The third-order valence-electron chi connectivity index (χ3n) is 1.10. The van der Waals surface area contributed by atoms with Gasteiger partial charge in [-0.15, -0.1) is 0 Å². The Kier molecular flexibility index (Phi) is 4.28. The first kappa shape index (κ1) is 8.94. The van der Waals surface area contributed by atoms with Crippen molar-refractivity contribution in [2.24, 2.45) is 5.16 Å². The molecule has 0 aromatic heterocycles. The van der Waals surface area contributed by atoms with E-state index in [4.69, 9.17) is 10.3 Å². The fourth-order valence-electron chi connectivity index (χ4n) is 0.545. The van der Waals surface area contributed by atoms with Gasteiger partial charge in [-0.25, -0.2) is 0 Å². The Morgan fingerprint density at radius 2 is 2.10 bits per heavy atom. The van der Waals surface area contributed by atoms with Crippen molar-refractivity contribution in [1.82, 2.24) is 0 Å². The average molecular weight is 145 g/mol.